The van der Waals surface area contributed by atoms with Crippen LogP contribution in [0.2, 0.25) is 0 Å². The van der Waals surface area contributed by atoms with Gasteiger partial charge in [0, 0.05) is 24.8 Å². The van der Waals surface area contributed by atoms with Gasteiger partial charge < -0.3 is 10.5 Å². The maximum Gasteiger partial charge on any atom is 0.127 e. The van der Waals surface area contributed by atoms with Crippen LogP contribution in [0.4, 0.5) is 4.39 Å². The molecule has 1 aliphatic heterocycles. The first-order valence-corrected chi connectivity index (χ1v) is 6.86. The average molecular weight is 266 g/mol. The molecule has 0 amide bonds. The standard InChI is InChI=1S/C15H23FN2O/c1-12(13-6-3-4-7-14(13)16)18(2)15(10-17)8-5-9-19-11-15/h3-4,6-7,12H,5,8-11,17H2,1-2H3. The lowest BCUT2D eigenvalue weighted by molar-refractivity contribution is -0.0492. The van der Waals surface area contributed by atoms with Gasteiger partial charge in [-0.2, -0.15) is 0 Å². The van der Waals surface area contributed by atoms with Crippen molar-refractivity contribution in [1.82, 2.24) is 4.90 Å². The van der Waals surface area contributed by atoms with Crippen molar-refractivity contribution < 1.29 is 9.13 Å². The second-order valence-electron chi connectivity index (χ2n) is 5.39. The van der Waals surface area contributed by atoms with Crippen molar-refractivity contribution in [1.29, 1.82) is 0 Å². The minimum absolute atomic E-state index is 0.0218. The molecule has 1 aromatic rings. The van der Waals surface area contributed by atoms with Crippen molar-refractivity contribution in [3.63, 3.8) is 0 Å². The lowest BCUT2D eigenvalue weighted by Gasteiger charge is -2.46. The number of ether oxygens (including phenoxy) is 1. The van der Waals surface area contributed by atoms with Crippen molar-refractivity contribution in [2.24, 2.45) is 5.73 Å². The molecule has 0 spiro atoms. The first-order valence-electron chi connectivity index (χ1n) is 6.86. The van der Waals surface area contributed by atoms with E-state index in [1.54, 1.807) is 6.07 Å². The van der Waals surface area contributed by atoms with Gasteiger partial charge in [0.2, 0.25) is 0 Å². The van der Waals surface area contributed by atoms with Crippen molar-refractivity contribution in [3.8, 4) is 0 Å². The van der Waals surface area contributed by atoms with Crippen LogP contribution in [0.15, 0.2) is 24.3 Å². The van der Waals surface area contributed by atoms with Crippen LogP contribution in [-0.4, -0.2) is 37.2 Å². The third-order valence-electron chi connectivity index (χ3n) is 4.37. The van der Waals surface area contributed by atoms with Gasteiger partial charge in [-0.3, -0.25) is 4.90 Å². The van der Waals surface area contributed by atoms with Gasteiger partial charge in [0.15, 0.2) is 0 Å². The minimum Gasteiger partial charge on any atom is -0.379 e. The molecule has 1 fully saturated rings. The zero-order valence-electron chi connectivity index (χ0n) is 11.7. The van der Waals surface area contributed by atoms with E-state index in [-0.39, 0.29) is 17.4 Å². The Bertz CT molecular complexity index is 418. The summed E-state index contributed by atoms with van der Waals surface area (Å²) >= 11 is 0. The Labute approximate surface area is 114 Å². The Hall–Kier alpha value is -0.970. The van der Waals surface area contributed by atoms with E-state index in [1.807, 2.05) is 26.1 Å². The monoisotopic (exact) mass is 266 g/mol. The second-order valence-corrected chi connectivity index (χ2v) is 5.39. The van der Waals surface area contributed by atoms with Gasteiger partial charge in [-0.1, -0.05) is 18.2 Å². The van der Waals surface area contributed by atoms with E-state index in [9.17, 15) is 4.39 Å². The van der Waals surface area contributed by atoms with Gasteiger partial charge in [0.25, 0.3) is 0 Å². The molecule has 0 bridgehead atoms. The predicted molar refractivity (Wildman–Crippen MR) is 74.4 cm³/mol. The van der Waals surface area contributed by atoms with Crippen LogP contribution >= 0.6 is 0 Å². The van der Waals surface area contributed by atoms with Crippen LogP contribution in [0.25, 0.3) is 0 Å². The fourth-order valence-corrected chi connectivity index (χ4v) is 2.85. The van der Waals surface area contributed by atoms with Crippen LogP contribution in [0.5, 0.6) is 0 Å². The zero-order valence-corrected chi connectivity index (χ0v) is 11.7. The van der Waals surface area contributed by atoms with E-state index in [0.29, 0.717) is 18.7 Å². The predicted octanol–water partition coefficient (Wildman–Crippen LogP) is 2.33. The fourth-order valence-electron chi connectivity index (χ4n) is 2.85. The van der Waals surface area contributed by atoms with Crippen LogP contribution in [-0.2, 0) is 4.74 Å². The third-order valence-corrected chi connectivity index (χ3v) is 4.37. The summed E-state index contributed by atoms with van der Waals surface area (Å²) in [5.74, 6) is -0.161. The van der Waals surface area contributed by atoms with Crippen LogP contribution in [0, 0.1) is 5.82 Å². The van der Waals surface area contributed by atoms with E-state index in [0.717, 1.165) is 19.4 Å². The number of nitrogens with two attached hydrogens (primary N) is 1. The van der Waals surface area contributed by atoms with Gasteiger partial charge in [-0.25, -0.2) is 4.39 Å². The van der Waals surface area contributed by atoms with Crippen molar-refractivity contribution in [2.75, 3.05) is 26.8 Å². The van der Waals surface area contributed by atoms with Gasteiger partial charge in [0.1, 0.15) is 5.82 Å². The maximum absolute atomic E-state index is 13.9. The molecule has 1 aliphatic rings. The Morgan fingerprint density at radius 2 is 2.21 bits per heavy atom. The molecule has 0 saturated carbocycles. The summed E-state index contributed by atoms with van der Waals surface area (Å²) in [6.45, 7) is 3.97. The molecule has 3 nitrogen and oxygen atoms in total. The number of benzene rings is 1. The second kappa shape index (κ2) is 5.99. The first kappa shape index (κ1) is 14.4. The highest BCUT2D eigenvalue weighted by Crippen LogP contribution is 2.32. The molecule has 2 atom stereocenters. The van der Waals surface area contributed by atoms with Crippen LogP contribution in [0.3, 0.4) is 0 Å². The summed E-state index contributed by atoms with van der Waals surface area (Å²) in [7, 11) is 2.01. The molecule has 106 valence electrons. The van der Waals surface area contributed by atoms with E-state index < -0.39 is 0 Å². The normalized spacial score (nSPS) is 25.5. The number of hydrogen-bond acceptors (Lipinski definition) is 3. The summed E-state index contributed by atoms with van der Waals surface area (Å²) in [6.07, 6.45) is 2.00. The number of hydrogen-bond donors (Lipinski definition) is 1. The molecule has 0 radical (unpaired) electrons. The summed E-state index contributed by atoms with van der Waals surface area (Å²) in [6, 6.07) is 6.91. The van der Waals surface area contributed by atoms with Crippen LogP contribution < -0.4 is 5.73 Å². The molecular formula is C15H23FN2O. The lowest BCUT2D eigenvalue weighted by Crippen LogP contribution is -2.57. The largest absolute Gasteiger partial charge is 0.379 e. The molecule has 1 heterocycles. The Morgan fingerprint density at radius 3 is 2.79 bits per heavy atom. The molecule has 2 unspecified atom stereocenters. The smallest absolute Gasteiger partial charge is 0.127 e. The van der Waals surface area contributed by atoms with Gasteiger partial charge >= 0.3 is 0 Å². The molecule has 19 heavy (non-hydrogen) atoms. The molecule has 2 N–H and O–H groups in total. The number of likely N-dealkylation sites (N-methyl/N-ethyl adjacent to an activating group) is 1. The van der Waals surface area contributed by atoms with E-state index in [1.165, 1.54) is 6.07 Å². The molecule has 1 saturated heterocycles. The summed E-state index contributed by atoms with van der Waals surface area (Å²) in [4.78, 5) is 2.17. The summed E-state index contributed by atoms with van der Waals surface area (Å²) < 4.78 is 19.5. The Balaban J connectivity index is 2.22. The molecule has 0 aliphatic carbocycles. The fraction of sp³-hybridized carbons (Fsp3) is 0.600. The quantitative estimate of drug-likeness (QED) is 0.909. The van der Waals surface area contributed by atoms with Gasteiger partial charge in [-0.15, -0.1) is 0 Å². The molecule has 4 heteroatoms. The lowest BCUT2D eigenvalue weighted by atomic mass is 9.88. The maximum atomic E-state index is 13.9. The number of nitrogens with zero attached hydrogens (tertiary/aromatic N) is 1. The summed E-state index contributed by atoms with van der Waals surface area (Å²) in [5.41, 5.74) is 6.51. The van der Waals surface area contributed by atoms with Crippen molar-refractivity contribution >= 4 is 0 Å². The van der Waals surface area contributed by atoms with Crippen molar-refractivity contribution in [2.45, 2.75) is 31.3 Å². The van der Waals surface area contributed by atoms with E-state index in [2.05, 4.69) is 4.90 Å². The minimum atomic E-state index is -0.181. The highest BCUT2D eigenvalue weighted by molar-refractivity contribution is 5.21. The topological polar surface area (TPSA) is 38.5 Å². The summed E-state index contributed by atoms with van der Waals surface area (Å²) in [5, 5.41) is 0. The van der Waals surface area contributed by atoms with Crippen molar-refractivity contribution in [3.05, 3.63) is 35.6 Å². The number of halogens is 1. The SMILES string of the molecule is CC(c1ccccc1F)N(C)C1(CN)CCCOC1. The first-order chi connectivity index (χ1) is 9.10. The number of rotatable bonds is 4. The van der Waals surface area contributed by atoms with Gasteiger partial charge in [-0.05, 0) is 32.9 Å². The van der Waals surface area contributed by atoms with Gasteiger partial charge in [0.05, 0.1) is 12.1 Å². The van der Waals surface area contributed by atoms with E-state index in [4.69, 9.17) is 10.5 Å². The highest BCUT2D eigenvalue weighted by Gasteiger charge is 2.38. The van der Waals surface area contributed by atoms with E-state index >= 15 is 0 Å². The third kappa shape index (κ3) is 2.81. The molecular weight excluding hydrogens is 243 g/mol. The molecule has 1 aromatic carbocycles. The highest BCUT2D eigenvalue weighted by atomic mass is 19.1. The van der Waals surface area contributed by atoms with Crippen LogP contribution in [0.1, 0.15) is 31.4 Å². The molecule has 0 aromatic heterocycles. The average Bonchev–Trinajstić information content (AvgIpc) is 2.47. The Morgan fingerprint density at radius 1 is 1.47 bits per heavy atom. The Kier molecular flexibility index (Phi) is 4.55. The zero-order chi connectivity index (χ0) is 13.9. The molecule has 2 rings (SSSR count).